The van der Waals surface area contributed by atoms with Crippen LogP contribution in [0.25, 0.3) is 27.6 Å². The summed E-state index contributed by atoms with van der Waals surface area (Å²) in [6.45, 7) is 1.97. The van der Waals surface area contributed by atoms with Crippen molar-refractivity contribution in [2.75, 3.05) is 5.32 Å². The number of halogens is 3. The molecule has 1 atom stereocenters. The number of hydrogen-bond acceptors (Lipinski definition) is 5. The lowest BCUT2D eigenvalue weighted by Gasteiger charge is -2.23. The van der Waals surface area contributed by atoms with Gasteiger partial charge < -0.3 is 10.3 Å². The van der Waals surface area contributed by atoms with Gasteiger partial charge in [0, 0.05) is 15.7 Å². The standard InChI is InChI=1S/C23H17Cl2FN6O/c1-2-17(31-22-20-21(28-10-27-20)29-11-30-22)18-6-12-4-3-5-16(26)19(12)23(33)32(18)15-8-13(24)7-14(25)9-15/h3-11,17H,2H2,1H3,(H2,27,28,29,30,31)/t17-/m0/s1. The zero-order chi connectivity index (χ0) is 23.1. The number of rotatable bonds is 5. The molecule has 0 fully saturated rings. The van der Waals surface area contributed by atoms with Crippen LogP contribution in [0.4, 0.5) is 10.2 Å². The highest BCUT2D eigenvalue weighted by molar-refractivity contribution is 6.34. The third kappa shape index (κ3) is 3.81. The summed E-state index contributed by atoms with van der Waals surface area (Å²) in [6, 6.07) is 10.8. The Balaban J connectivity index is 1.76. The molecule has 0 aliphatic heterocycles. The quantitative estimate of drug-likeness (QED) is 0.337. The number of hydrogen-bond donors (Lipinski definition) is 2. The Kier molecular flexibility index (Phi) is 5.47. The van der Waals surface area contributed by atoms with E-state index in [1.165, 1.54) is 23.3 Å². The zero-order valence-corrected chi connectivity index (χ0v) is 18.8. The van der Waals surface area contributed by atoms with Gasteiger partial charge in [0.2, 0.25) is 0 Å². The normalized spacial score (nSPS) is 12.4. The molecule has 3 aromatic heterocycles. The van der Waals surface area contributed by atoms with Gasteiger partial charge in [0.05, 0.1) is 23.4 Å². The van der Waals surface area contributed by atoms with Crippen LogP contribution in [0.3, 0.4) is 0 Å². The molecule has 10 heteroatoms. The molecule has 0 spiro atoms. The molecule has 5 aromatic rings. The van der Waals surface area contributed by atoms with Crippen LogP contribution in [0.1, 0.15) is 25.1 Å². The number of aromatic amines is 1. The largest absolute Gasteiger partial charge is 0.360 e. The van der Waals surface area contributed by atoms with Gasteiger partial charge in [-0.15, -0.1) is 0 Å². The molecule has 0 amide bonds. The molecule has 33 heavy (non-hydrogen) atoms. The van der Waals surface area contributed by atoms with Gasteiger partial charge in [0.15, 0.2) is 11.5 Å². The molecule has 0 aliphatic carbocycles. The number of imidazole rings is 1. The number of nitrogens with one attached hydrogen (secondary N) is 2. The Morgan fingerprint density at radius 1 is 1.12 bits per heavy atom. The fraction of sp³-hybridized carbons (Fsp3) is 0.130. The van der Waals surface area contributed by atoms with Crippen LogP contribution in [-0.2, 0) is 0 Å². The molecule has 0 radical (unpaired) electrons. The highest BCUT2D eigenvalue weighted by atomic mass is 35.5. The second-order valence-electron chi connectivity index (χ2n) is 7.47. The minimum atomic E-state index is -0.596. The molecule has 7 nitrogen and oxygen atoms in total. The number of H-pyrrole nitrogens is 1. The number of pyridine rings is 1. The number of benzene rings is 2. The van der Waals surface area contributed by atoms with E-state index in [0.717, 1.165) is 0 Å². The van der Waals surface area contributed by atoms with Crippen molar-refractivity contribution in [3.05, 3.63) is 87.0 Å². The summed E-state index contributed by atoms with van der Waals surface area (Å²) in [5.74, 6) is -0.0865. The van der Waals surface area contributed by atoms with Gasteiger partial charge in [-0.1, -0.05) is 42.3 Å². The first-order valence-electron chi connectivity index (χ1n) is 10.2. The Morgan fingerprint density at radius 3 is 2.67 bits per heavy atom. The first-order chi connectivity index (χ1) is 16.0. The van der Waals surface area contributed by atoms with Crippen molar-refractivity contribution in [1.82, 2.24) is 24.5 Å². The van der Waals surface area contributed by atoms with E-state index in [4.69, 9.17) is 23.2 Å². The lowest BCUT2D eigenvalue weighted by Crippen LogP contribution is -2.27. The van der Waals surface area contributed by atoms with Crippen LogP contribution in [0.2, 0.25) is 10.0 Å². The molecule has 3 heterocycles. The summed E-state index contributed by atoms with van der Waals surface area (Å²) in [7, 11) is 0. The molecule has 166 valence electrons. The first kappa shape index (κ1) is 21.4. The van der Waals surface area contributed by atoms with Crippen LogP contribution in [0, 0.1) is 5.82 Å². The summed E-state index contributed by atoms with van der Waals surface area (Å²) in [5, 5.41) is 4.57. The number of anilines is 1. The lowest BCUT2D eigenvalue weighted by molar-refractivity contribution is 0.635. The molecular formula is C23H17Cl2FN6O. The van der Waals surface area contributed by atoms with Crippen LogP contribution in [0.5, 0.6) is 0 Å². The van der Waals surface area contributed by atoms with Crippen molar-refractivity contribution < 1.29 is 4.39 Å². The summed E-state index contributed by atoms with van der Waals surface area (Å²) in [6.07, 6.45) is 3.55. The van der Waals surface area contributed by atoms with Gasteiger partial charge >= 0.3 is 0 Å². The van der Waals surface area contributed by atoms with E-state index in [2.05, 4.69) is 25.3 Å². The fourth-order valence-corrected chi connectivity index (χ4v) is 4.47. The van der Waals surface area contributed by atoms with Crippen LogP contribution >= 0.6 is 23.2 Å². The molecule has 0 aliphatic rings. The van der Waals surface area contributed by atoms with Gasteiger partial charge in [-0.2, -0.15) is 0 Å². The van der Waals surface area contributed by atoms with Crippen molar-refractivity contribution in [2.24, 2.45) is 0 Å². The molecule has 5 rings (SSSR count). The van der Waals surface area contributed by atoms with Gasteiger partial charge in [0.25, 0.3) is 5.56 Å². The summed E-state index contributed by atoms with van der Waals surface area (Å²) in [4.78, 5) is 29.3. The molecular weight excluding hydrogens is 466 g/mol. The maximum Gasteiger partial charge on any atom is 0.266 e. The predicted octanol–water partition coefficient (Wildman–Crippen LogP) is 5.67. The van der Waals surface area contributed by atoms with Gasteiger partial charge in [-0.25, -0.2) is 19.3 Å². The highest BCUT2D eigenvalue weighted by Crippen LogP contribution is 2.30. The third-order valence-corrected chi connectivity index (χ3v) is 5.86. The average Bonchev–Trinajstić information content (AvgIpc) is 3.26. The van der Waals surface area contributed by atoms with E-state index in [9.17, 15) is 9.18 Å². The van der Waals surface area contributed by atoms with Crippen molar-refractivity contribution in [3.63, 3.8) is 0 Å². The number of aromatic nitrogens is 5. The van der Waals surface area contributed by atoms with Crippen molar-refractivity contribution in [2.45, 2.75) is 19.4 Å². The maximum absolute atomic E-state index is 14.7. The lowest BCUT2D eigenvalue weighted by atomic mass is 10.0. The molecule has 0 bridgehead atoms. The predicted molar refractivity (Wildman–Crippen MR) is 128 cm³/mol. The monoisotopic (exact) mass is 482 g/mol. The van der Waals surface area contributed by atoms with Crippen molar-refractivity contribution in [1.29, 1.82) is 0 Å². The van der Waals surface area contributed by atoms with Gasteiger partial charge in [-0.3, -0.25) is 9.36 Å². The van der Waals surface area contributed by atoms with Crippen LogP contribution in [0.15, 0.2) is 59.9 Å². The topological polar surface area (TPSA) is 88.5 Å². The van der Waals surface area contributed by atoms with Gasteiger partial charge in [0.1, 0.15) is 17.7 Å². The SMILES string of the molecule is CC[C@H](Nc1ncnc2[nH]cnc12)c1cc2cccc(F)c2c(=O)n1-c1cc(Cl)cc(Cl)c1. The summed E-state index contributed by atoms with van der Waals surface area (Å²) < 4.78 is 16.1. The molecule has 0 saturated carbocycles. The minimum Gasteiger partial charge on any atom is -0.360 e. The second-order valence-corrected chi connectivity index (χ2v) is 8.34. The van der Waals surface area contributed by atoms with Crippen LogP contribution in [-0.4, -0.2) is 24.5 Å². The Hall–Kier alpha value is -3.49. The Morgan fingerprint density at radius 2 is 1.91 bits per heavy atom. The zero-order valence-electron chi connectivity index (χ0n) is 17.3. The van der Waals surface area contributed by atoms with E-state index in [-0.39, 0.29) is 11.4 Å². The molecule has 0 unspecified atom stereocenters. The van der Waals surface area contributed by atoms with E-state index in [1.807, 2.05) is 6.92 Å². The Bertz CT molecular complexity index is 1540. The third-order valence-electron chi connectivity index (χ3n) is 5.42. The van der Waals surface area contributed by atoms with E-state index in [1.54, 1.807) is 36.4 Å². The summed E-state index contributed by atoms with van der Waals surface area (Å²) in [5.41, 5.74) is 1.68. The number of nitrogens with zero attached hydrogens (tertiary/aromatic N) is 4. The second kappa shape index (κ2) is 8.46. The smallest absolute Gasteiger partial charge is 0.266 e. The van der Waals surface area contributed by atoms with Crippen molar-refractivity contribution in [3.8, 4) is 5.69 Å². The summed E-state index contributed by atoms with van der Waals surface area (Å²) >= 11 is 12.5. The van der Waals surface area contributed by atoms with Gasteiger partial charge in [-0.05, 0) is 42.1 Å². The maximum atomic E-state index is 14.7. The fourth-order valence-electron chi connectivity index (χ4n) is 3.95. The van der Waals surface area contributed by atoms with E-state index < -0.39 is 11.4 Å². The highest BCUT2D eigenvalue weighted by Gasteiger charge is 2.22. The van der Waals surface area contributed by atoms with Crippen LogP contribution < -0.4 is 10.9 Å². The molecule has 2 aromatic carbocycles. The van der Waals surface area contributed by atoms with E-state index in [0.29, 0.717) is 50.2 Å². The first-order valence-corrected chi connectivity index (χ1v) is 10.9. The Labute approximate surface area is 197 Å². The minimum absolute atomic E-state index is 0.0103. The average molecular weight is 483 g/mol. The molecule has 2 N–H and O–H groups in total. The molecule has 0 saturated heterocycles. The van der Waals surface area contributed by atoms with Crippen molar-refractivity contribution >= 4 is 51.0 Å². The van der Waals surface area contributed by atoms with E-state index >= 15 is 0 Å². The number of fused-ring (bicyclic) bond motifs is 2.